The van der Waals surface area contributed by atoms with Gasteiger partial charge in [-0.15, -0.1) is 0 Å². The number of amides is 1. The number of benzene rings is 1. The summed E-state index contributed by atoms with van der Waals surface area (Å²) in [6.45, 7) is 2.80. The molecule has 0 radical (unpaired) electrons. The van der Waals surface area contributed by atoms with Crippen molar-refractivity contribution in [2.45, 2.75) is 13.5 Å². The average molecular weight is 240 g/mol. The molecule has 0 heterocycles. The van der Waals surface area contributed by atoms with E-state index in [9.17, 15) is 9.18 Å². The molecule has 0 saturated heterocycles. The van der Waals surface area contributed by atoms with Gasteiger partial charge >= 0.3 is 0 Å². The van der Waals surface area contributed by atoms with Gasteiger partial charge in [0.2, 0.25) is 5.91 Å². The van der Waals surface area contributed by atoms with Crippen molar-refractivity contribution in [1.29, 1.82) is 0 Å². The highest BCUT2D eigenvalue weighted by Gasteiger charge is 2.08. The molecule has 1 amide bonds. The van der Waals surface area contributed by atoms with Crippen molar-refractivity contribution < 1.29 is 13.9 Å². The Morgan fingerprint density at radius 3 is 2.82 bits per heavy atom. The lowest BCUT2D eigenvalue weighted by Gasteiger charge is -2.20. The molecular weight excluding hydrogens is 223 g/mol. The van der Waals surface area contributed by atoms with Gasteiger partial charge < -0.3 is 15.4 Å². The second kappa shape index (κ2) is 6.20. The standard InChI is InChI=1S/C12H17FN2O2/c1-3-15(2)11-5-4-10(13)6-9(11)7-17-8-12(14)16/h4-6H,3,7-8H2,1-2H3,(H2,14,16). The Morgan fingerprint density at radius 2 is 2.24 bits per heavy atom. The Labute approximate surface area is 100 Å². The van der Waals surface area contributed by atoms with Crippen molar-refractivity contribution in [3.05, 3.63) is 29.6 Å². The summed E-state index contributed by atoms with van der Waals surface area (Å²) in [6.07, 6.45) is 0. The molecule has 2 N–H and O–H groups in total. The maximum absolute atomic E-state index is 13.1. The van der Waals surface area contributed by atoms with E-state index < -0.39 is 5.91 Å². The van der Waals surface area contributed by atoms with Crippen LogP contribution in [-0.4, -0.2) is 26.1 Å². The number of rotatable bonds is 6. The number of carbonyl (C=O) groups is 1. The number of hydrogen-bond donors (Lipinski definition) is 1. The lowest BCUT2D eigenvalue weighted by molar-refractivity contribution is -0.122. The third-order valence-corrected chi connectivity index (χ3v) is 2.43. The fourth-order valence-electron chi connectivity index (χ4n) is 1.47. The quantitative estimate of drug-likeness (QED) is 0.815. The molecule has 0 atom stereocenters. The molecule has 1 aromatic rings. The van der Waals surface area contributed by atoms with Gasteiger partial charge in [0, 0.05) is 24.8 Å². The molecule has 5 heteroatoms. The Hall–Kier alpha value is -1.62. The molecule has 1 aromatic carbocycles. The van der Waals surface area contributed by atoms with Crippen molar-refractivity contribution >= 4 is 11.6 Å². The molecule has 0 aromatic heterocycles. The zero-order valence-corrected chi connectivity index (χ0v) is 10.1. The number of carbonyl (C=O) groups excluding carboxylic acids is 1. The van der Waals surface area contributed by atoms with Gasteiger partial charge in [0.1, 0.15) is 12.4 Å². The molecule has 0 spiro atoms. The second-order valence-electron chi connectivity index (χ2n) is 3.75. The summed E-state index contributed by atoms with van der Waals surface area (Å²) in [7, 11) is 1.91. The van der Waals surface area contributed by atoms with Gasteiger partial charge in [0.15, 0.2) is 0 Å². The van der Waals surface area contributed by atoms with E-state index in [1.165, 1.54) is 12.1 Å². The van der Waals surface area contributed by atoms with Gasteiger partial charge in [0.05, 0.1) is 6.61 Å². The van der Waals surface area contributed by atoms with E-state index >= 15 is 0 Å². The highest BCUT2D eigenvalue weighted by Crippen LogP contribution is 2.21. The Morgan fingerprint density at radius 1 is 1.53 bits per heavy atom. The number of nitrogens with two attached hydrogens (primary N) is 1. The zero-order chi connectivity index (χ0) is 12.8. The van der Waals surface area contributed by atoms with E-state index in [4.69, 9.17) is 10.5 Å². The van der Waals surface area contributed by atoms with Crippen molar-refractivity contribution in [3.8, 4) is 0 Å². The first kappa shape index (κ1) is 13.4. The molecule has 0 aliphatic heterocycles. The average Bonchev–Trinajstić information content (AvgIpc) is 2.28. The first-order valence-electron chi connectivity index (χ1n) is 5.40. The van der Waals surface area contributed by atoms with Crippen molar-refractivity contribution in [2.24, 2.45) is 5.73 Å². The molecule has 0 saturated carbocycles. The first-order chi connectivity index (χ1) is 8.04. The number of ether oxygens (including phenoxy) is 1. The van der Waals surface area contributed by atoms with Crippen LogP contribution < -0.4 is 10.6 Å². The predicted octanol–water partition coefficient (Wildman–Crippen LogP) is 1.28. The Bertz CT molecular complexity index is 396. The van der Waals surface area contributed by atoms with E-state index in [2.05, 4.69) is 0 Å². The summed E-state index contributed by atoms with van der Waals surface area (Å²) in [6, 6.07) is 4.50. The predicted molar refractivity (Wildman–Crippen MR) is 64.2 cm³/mol. The number of nitrogens with zero attached hydrogens (tertiary/aromatic N) is 1. The molecule has 17 heavy (non-hydrogen) atoms. The SMILES string of the molecule is CCN(C)c1ccc(F)cc1COCC(N)=O. The monoisotopic (exact) mass is 240 g/mol. The fraction of sp³-hybridized carbons (Fsp3) is 0.417. The van der Waals surface area contributed by atoms with Crippen LogP contribution in [0, 0.1) is 5.82 Å². The van der Waals surface area contributed by atoms with Crippen LogP contribution in [0.1, 0.15) is 12.5 Å². The highest BCUT2D eigenvalue weighted by atomic mass is 19.1. The van der Waals surface area contributed by atoms with Crippen LogP contribution in [-0.2, 0) is 16.1 Å². The number of primary amides is 1. The molecule has 94 valence electrons. The van der Waals surface area contributed by atoms with Crippen molar-refractivity contribution in [1.82, 2.24) is 0 Å². The summed E-state index contributed by atoms with van der Waals surface area (Å²) in [5.41, 5.74) is 6.55. The molecular formula is C12H17FN2O2. The summed E-state index contributed by atoms with van der Waals surface area (Å²) in [5.74, 6) is -0.859. The van der Waals surface area contributed by atoms with E-state index in [-0.39, 0.29) is 19.0 Å². The molecule has 0 aliphatic carbocycles. The van der Waals surface area contributed by atoms with Gasteiger partial charge in [-0.3, -0.25) is 4.79 Å². The highest BCUT2D eigenvalue weighted by molar-refractivity contribution is 5.75. The molecule has 0 fully saturated rings. The number of hydrogen-bond acceptors (Lipinski definition) is 3. The minimum absolute atomic E-state index is 0.161. The van der Waals surface area contributed by atoms with Crippen LogP contribution in [0.5, 0.6) is 0 Å². The Balaban J connectivity index is 2.80. The molecule has 0 unspecified atom stereocenters. The number of anilines is 1. The minimum Gasteiger partial charge on any atom is -0.375 e. The van der Waals surface area contributed by atoms with Gasteiger partial charge in [-0.05, 0) is 25.1 Å². The lowest BCUT2D eigenvalue weighted by atomic mass is 10.1. The van der Waals surface area contributed by atoms with Crippen LogP contribution in [0.25, 0.3) is 0 Å². The summed E-state index contributed by atoms with van der Waals surface area (Å²) in [4.78, 5) is 12.5. The van der Waals surface area contributed by atoms with Gasteiger partial charge in [0.25, 0.3) is 0 Å². The van der Waals surface area contributed by atoms with E-state index in [0.29, 0.717) is 5.56 Å². The maximum atomic E-state index is 13.1. The largest absolute Gasteiger partial charge is 0.375 e. The van der Waals surface area contributed by atoms with Gasteiger partial charge in [-0.2, -0.15) is 0 Å². The fourth-order valence-corrected chi connectivity index (χ4v) is 1.47. The van der Waals surface area contributed by atoms with Gasteiger partial charge in [-0.25, -0.2) is 4.39 Å². The zero-order valence-electron chi connectivity index (χ0n) is 10.1. The molecule has 4 nitrogen and oxygen atoms in total. The summed E-state index contributed by atoms with van der Waals surface area (Å²) >= 11 is 0. The van der Waals surface area contributed by atoms with Crippen molar-refractivity contribution in [3.63, 3.8) is 0 Å². The van der Waals surface area contributed by atoms with Crippen LogP contribution >= 0.6 is 0 Å². The van der Waals surface area contributed by atoms with E-state index in [0.717, 1.165) is 12.2 Å². The smallest absolute Gasteiger partial charge is 0.243 e. The van der Waals surface area contributed by atoms with Crippen LogP contribution in [0.15, 0.2) is 18.2 Å². The first-order valence-corrected chi connectivity index (χ1v) is 5.40. The summed E-state index contributed by atoms with van der Waals surface area (Å²) in [5, 5.41) is 0. The third kappa shape index (κ3) is 4.03. The topological polar surface area (TPSA) is 55.6 Å². The Kier molecular flexibility index (Phi) is 4.90. The minimum atomic E-state index is -0.535. The van der Waals surface area contributed by atoms with Crippen LogP contribution in [0.4, 0.5) is 10.1 Å². The molecule has 0 bridgehead atoms. The normalized spacial score (nSPS) is 10.3. The summed E-state index contributed by atoms with van der Waals surface area (Å²) < 4.78 is 18.2. The lowest BCUT2D eigenvalue weighted by Crippen LogP contribution is -2.20. The third-order valence-electron chi connectivity index (χ3n) is 2.43. The van der Waals surface area contributed by atoms with Crippen molar-refractivity contribution in [2.75, 3.05) is 25.1 Å². The maximum Gasteiger partial charge on any atom is 0.243 e. The molecule has 1 rings (SSSR count). The van der Waals surface area contributed by atoms with Crippen LogP contribution in [0.3, 0.4) is 0 Å². The second-order valence-corrected chi connectivity index (χ2v) is 3.75. The number of halogens is 1. The van der Waals surface area contributed by atoms with E-state index in [1.807, 2.05) is 18.9 Å². The molecule has 0 aliphatic rings. The van der Waals surface area contributed by atoms with E-state index in [1.54, 1.807) is 6.07 Å². The van der Waals surface area contributed by atoms with Gasteiger partial charge in [-0.1, -0.05) is 0 Å². The van der Waals surface area contributed by atoms with Crippen LogP contribution in [0.2, 0.25) is 0 Å².